The van der Waals surface area contributed by atoms with Crippen LogP contribution in [0.15, 0.2) is 90.6 Å². The van der Waals surface area contributed by atoms with Crippen molar-refractivity contribution in [2.75, 3.05) is 76.7 Å². The van der Waals surface area contributed by atoms with Crippen molar-refractivity contribution >= 4 is 63.6 Å². The molecule has 3 aromatic carbocycles. The van der Waals surface area contributed by atoms with Gasteiger partial charge in [-0.15, -0.1) is 11.8 Å². The molecular weight excluding hydrogens is 837 g/mol. The number of fused-ring (bicyclic) bond motifs is 2. The molecule has 2 N–H and O–H groups in total. The van der Waals surface area contributed by atoms with Crippen molar-refractivity contribution in [2.45, 2.75) is 36.7 Å². The summed E-state index contributed by atoms with van der Waals surface area (Å²) in [7, 11) is 7.19. The van der Waals surface area contributed by atoms with Gasteiger partial charge in [-0.05, 0) is 48.4 Å². The standard InChI is InChI=1S/C47H52N8O8S/c1-6-43(56)50-36-24-30(25-42-48-17-16-35(49-42)33-27-54(4)37-12-8-7-10-31(33)37)40(61-5)26-39(36)52(2)18-19-53(3)45(58)29-63-21-20-62-22-23-64-41-13-9-11-32-34(41)28-55(47(32)60)38-14-15-44(57)51-46(38)59/h6-13,16-17,24,26-27,38H,1,14-15,18-23,25,28-29H2,2-5H3,(H,50,56)(H,51,57,59). The molecule has 1 unspecified atom stereocenters. The largest absolute Gasteiger partial charge is 0.496 e. The smallest absolute Gasteiger partial charge is 0.255 e. The molecule has 2 aromatic heterocycles. The number of rotatable bonds is 20. The molecule has 0 bridgehead atoms. The molecule has 5 aromatic rings. The van der Waals surface area contributed by atoms with Gasteiger partial charge in [0.25, 0.3) is 5.91 Å². The summed E-state index contributed by atoms with van der Waals surface area (Å²) in [6.45, 7) is 5.60. The summed E-state index contributed by atoms with van der Waals surface area (Å²) in [5, 5.41) is 6.36. The number of hydrogen-bond acceptors (Lipinski definition) is 12. The van der Waals surface area contributed by atoms with E-state index in [1.807, 2.05) is 61.5 Å². The number of piperidine rings is 1. The van der Waals surface area contributed by atoms with Crippen LogP contribution in [0, 0.1) is 0 Å². The van der Waals surface area contributed by atoms with Gasteiger partial charge >= 0.3 is 0 Å². The van der Waals surface area contributed by atoms with Crippen LogP contribution in [0.3, 0.4) is 0 Å². The van der Waals surface area contributed by atoms with E-state index in [9.17, 15) is 24.0 Å². The molecule has 17 heteroatoms. The highest BCUT2D eigenvalue weighted by atomic mass is 32.2. The van der Waals surface area contributed by atoms with E-state index in [1.54, 1.807) is 48.0 Å². The van der Waals surface area contributed by atoms with Gasteiger partial charge in [0, 0.05) is 110 Å². The zero-order valence-electron chi connectivity index (χ0n) is 36.4. The summed E-state index contributed by atoms with van der Waals surface area (Å²) in [5.41, 5.74) is 6.37. The number of likely N-dealkylation sites (N-methyl/N-ethyl adjacent to an activating group) is 2. The van der Waals surface area contributed by atoms with Crippen LogP contribution in [0.1, 0.15) is 40.2 Å². The Morgan fingerprint density at radius 2 is 1.83 bits per heavy atom. The van der Waals surface area contributed by atoms with Crippen molar-refractivity contribution in [1.29, 1.82) is 0 Å². The second kappa shape index (κ2) is 20.7. The summed E-state index contributed by atoms with van der Waals surface area (Å²) >= 11 is 1.56. The third-order valence-corrected chi connectivity index (χ3v) is 12.4. The number of para-hydroxylation sites is 1. The van der Waals surface area contributed by atoms with Gasteiger partial charge in [-0.1, -0.05) is 30.8 Å². The van der Waals surface area contributed by atoms with Crippen LogP contribution in [-0.2, 0) is 48.7 Å². The molecular formula is C47H52N8O8S. The lowest BCUT2D eigenvalue weighted by atomic mass is 10.0. The second-order valence-electron chi connectivity index (χ2n) is 15.5. The molecule has 0 radical (unpaired) electrons. The average Bonchev–Trinajstić information content (AvgIpc) is 3.82. The third kappa shape index (κ3) is 10.4. The molecule has 4 heterocycles. The predicted molar refractivity (Wildman–Crippen MR) is 244 cm³/mol. The minimum Gasteiger partial charge on any atom is -0.496 e. The Morgan fingerprint density at radius 3 is 2.62 bits per heavy atom. The Kier molecular flexibility index (Phi) is 14.7. The van der Waals surface area contributed by atoms with Crippen molar-refractivity contribution in [3.8, 4) is 17.0 Å². The van der Waals surface area contributed by atoms with Gasteiger partial charge in [0.15, 0.2) is 0 Å². The lowest BCUT2D eigenvalue weighted by Crippen LogP contribution is -2.52. The molecule has 334 valence electrons. The van der Waals surface area contributed by atoms with Crippen molar-refractivity contribution in [1.82, 2.24) is 29.7 Å². The second-order valence-corrected chi connectivity index (χ2v) is 16.6. The van der Waals surface area contributed by atoms with Crippen LogP contribution >= 0.6 is 11.8 Å². The topological polar surface area (TPSA) is 178 Å². The Bertz CT molecular complexity index is 2580. The Hall–Kier alpha value is -6.56. The number of ether oxygens (including phenoxy) is 3. The van der Waals surface area contributed by atoms with Gasteiger partial charge in [-0.2, -0.15) is 0 Å². The molecule has 1 atom stereocenters. The molecule has 0 spiro atoms. The summed E-state index contributed by atoms with van der Waals surface area (Å²) in [6.07, 6.45) is 5.89. The number of aromatic nitrogens is 3. The van der Waals surface area contributed by atoms with Crippen molar-refractivity contribution in [2.24, 2.45) is 7.05 Å². The highest BCUT2D eigenvalue weighted by Crippen LogP contribution is 2.36. The zero-order chi connectivity index (χ0) is 45.3. The maximum atomic E-state index is 13.1. The van der Waals surface area contributed by atoms with Gasteiger partial charge in [0.2, 0.25) is 23.6 Å². The van der Waals surface area contributed by atoms with Crippen LogP contribution in [-0.4, -0.2) is 126 Å². The summed E-state index contributed by atoms with van der Waals surface area (Å²) in [5.74, 6) is 0.289. The normalized spacial score (nSPS) is 14.7. The average molecular weight is 889 g/mol. The Morgan fingerprint density at radius 1 is 1.02 bits per heavy atom. The van der Waals surface area contributed by atoms with Crippen molar-refractivity contribution in [3.63, 3.8) is 0 Å². The van der Waals surface area contributed by atoms with Crippen LogP contribution in [0.25, 0.3) is 22.2 Å². The van der Waals surface area contributed by atoms with E-state index in [0.29, 0.717) is 80.0 Å². The number of anilines is 2. The van der Waals surface area contributed by atoms with Crippen LogP contribution in [0.2, 0.25) is 0 Å². The Labute approximate surface area is 375 Å². The number of nitrogens with zero attached hydrogens (tertiary/aromatic N) is 6. The maximum absolute atomic E-state index is 13.1. The molecule has 1 saturated heterocycles. The molecule has 2 aliphatic heterocycles. The first kappa shape index (κ1) is 45.5. The number of nitrogens with one attached hydrogen (secondary N) is 2. The van der Waals surface area contributed by atoms with E-state index < -0.39 is 11.9 Å². The number of carbonyl (C=O) groups excluding carboxylic acids is 5. The molecule has 64 heavy (non-hydrogen) atoms. The van der Waals surface area contributed by atoms with Gasteiger partial charge in [0.1, 0.15) is 24.2 Å². The van der Waals surface area contributed by atoms with Gasteiger partial charge in [-0.25, -0.2) is 9.97 Å². The van der Waals surface area contributed by atoms with E-state index in [2.05, 4.69) is 45.1 Å². The molecule has 5 amide bonds. The zero-order valence-corrected chi connectivity index (χ0v) is 37.2. The number of thioether (sulfide) groups is 1. The van der Waals surface area contributed by atoms with Gasteiger partial charge < -0.3 is 38.8 Å². The number of aryl methyl sites for hydroxylation is 1. The molecule has 16 nitrogen and oxygen atoms in total. The molecule has 7 rings (SSSR count). The number of imide groups is 1. The quantitative estimate of drug-likeness (QED) is 0.0472. The highest BCUT2D eigenvalue weighted by Gasteiger charge is 2.39. The SMILES string of the molecule is C=CC(=O)Nc1cc(Cc2nccc(-c3cn(C)c4ccccc34)n2)c(OC)cc1N(C)CCN(C)C(=O)COCCOCCSc1cccc2c1CN(C1CCC(=O)NC1=O)C2=O. The van der Waals surface area contributed by atoms with E-state index in [0.717, 1.165) is 38.2 Å². The van der Waals surface area contributed by atoms with E-state index >= 15 is 0 Å². The lowest BCUT2D eigenvalue weighted by Gasteiger charge is -2.29. The first-order valence-electron chi connectivity index (χ1n) is 21.0. The summed E-state index contributed by atoms with van der Waals surface area (Å²) < 4.78 is 19.3. The van der Waals surface area contributed by atoms with Crippen molar-refractivity contribution < 1.29 is 38.2 Å². The third-order valence-electron chi connectivity index (χ3n) is 11.3. The van der Waals surface area contributed by atoms with E-state index in [-0.39, 0.29) is 43.3 Å². The maximum Gasteiger partial charge on any atom is 0.255 e. The fourth-order valence-corrected chi connectivity index (χ4v) is 8.77. The monoisotopic (exact) mass is 888 g/mol. The van der Waals surface area contributed by atoms with Crippen LogP contribution in [0.5, 0.6) is 5.75 Å². The molecule has 1 fully saturated rings. The number of hydrogen-bond donors (Lipinski definition) is 2. The molecule has 0 saturated carbocycles. The molecule has 0 aliphatic carbocycles. The Balaban J connectivity index is 0.869. The highest BCUT2D eigenvalue weighted by molar-refractivity contribution is 7.99. The number of methoxy groups -OCH3 is 1. The van der Waals surface area contributed by atoms with Crippen LogP contribution < -0.4 is 20.3 Å². The first-order chi connectivity index (χ1) is 30.9. The van der Waals surface area contributed by atoms with E-state index in [1.165, 1.54) is 6.08 Å². The number of carbonyl (C=O) groups is 5. The fraction of sp³-hybridized carbons (Fsp3) is 0.340. The summed E-state index contributed by atoms with van der Waals surface area (Å²) in [4.78, 5) is 78.3. The number of amides is 5. The minimum absolute atomic E-state index is 0.112. The first-order valence-corrected chi connectivity index (χ1v) is 21.9. The molecule has 2 aliphatic rings. The van der Waals surface area contributed by atoms with Gasteiger partial charge in [0.05, 0.1) is 44.0 Å². The minimum atomic E-state index is -0.661. The fourth-order valence-electron chi connectivity index (χ4n) is 7.83. The number of benzene rings is 3. The van der Waals surface area contributed by atoms with E-state index in [4.69, 9.17) is 19.2 Å². The van der Waals surface area contributed by atoms with Crippen molar-refractivity contribution in [3.05, 3.63) is 108 Å². The summed E-state index contributed by atoms with van der Waals surface area (Å²) in [6, 6.07) is 18.7. The van der Waals surface area contributed by atoms with Gasteiger partial charge in [-0.3, -0.25) is 29.3 Å². The predicted octanol–water partition coefficient (Wildman–Crippen LogP) is 4.84. The lowest BCUT2D eigenvalue weighted by molar-refractivity contribution is -0.137. The van der Waals surface area contributed by atoms with Crippen LogP contribution in [0.4, 0.5) is 11.4 Å².